The summed E-state index contributed by atoms with van der Waals surface area (Å²) in [6.07, 6.45) is 2.20. The molecule has 0 radical (unpaired) electrons. The molecule has 0 aliphatic carbocycles. The first kappa shape index (κ1) is 13.8. The summed E-state index contributed by atoms with van der Waals surface area (Å²) >= 11 is 1.42. The van der Waals surface area contributed by atoms with E-state index in [1.165, 1.54) is 11.3 Å². The van der Waals surface area contributed by atoms with Crippen molar-refractivity contribution in [3.05, 3.63) is 41.0 Å². The molecular weight excluding hydrogens is 284 g/mol. The van der Waals surface area contributed by atoms with E-state index in [9.17, 15) is 4.79 Å². The van der Waals surface area contributed by atoms with E-state index in [0.717, 1.165) is 21.5 Å². The fraction of sp³-hybridized carbons (Fsp3) is 0.267. The van der Waals surface area contributed by atoms with Gasteiger partial charge in [-0.3, -0.25) is 4.79 Å². The second-order valence-corrected chi connectivity index (χ2v) is 6.19. The molecule has 5 nitrogen and oxygen atoms in total. The van der Waals surface area contributed by atoms with Crippen LogP contribution >= 0.6 is 11.3 Å². The van der Waals surface area contributed by atoms with Gasteiger partial charge < -0.3 is 10.3 Å². The number of nitrogens with zero attached hydrogens (tertiary/aromatic N) is 2. The number of hydrogen-bond acceptors (Lipinski definition) is 4. The summed E-state index contributed by atoms with van der Waals surface area (Å²) in [5, 5.41) is 13.4. The van der Waals surface area contributed by atoms with E-state index in [-0.39, 0.29) is 5.91 Å². The van der Waals surface area contributed by atoms with Crippen LogP contribution in [-0.2, 0) is 11.2 Å². The lowest BCUT2D eigenvalue weighted by molar-refractivity contribution is -0.115. The molecule has 1 aromatic carbocycles. The number of hydrogen-bond donors (Lipinski definition) is 2. The Balaban J connectivity index is 1.71. The topological polar surface area (TPSA) is 70.7 Å². The number of anilines is 1. The maximum absolute atomic E-state index is 12.1. The van der Waals surface area contributed by atoms with Crippen molar-refractivity contribution in [2.24, 2.45) is 0 Å². The number of nitrogens with one attached hydrogen (secondary N) is 2. The zero-order valence-electron chi connectivity index (χ0n) is 11.9. The maximum atomic E-state index is 12.1. The van der Waals surface area contributed by atoms with Gasteiger partial charge in [-0.2, -0.15) is 0 Å². The van der Waals surface area contributed by atoms with E-state index in [1.54, 1.807) is 0 Å². The quantitative estimate of drug-likeness (QED) is 0.776. The summed E-state index contributed by atoms with van der Waals surface area (Å²) in [7, 11) is 0. The van der Waals surface area contributed by atoms with Gasteiger partial charge in [0, 0.05) is 23.0 Å². The second-order valence-electron chi connectivity index (χ2n) is 5.18. The minimum atomic E-state index is -0.0776. The molecule has 0 bridgehead atoms. The Hall–Kier alpha value is -2.21. The zero-order chi connectivity index (χ0) is 14.8. The number of amides is 1. The Morgan fingerprint density at radius 3 is 2.90 bits per heavy atom. The fourth-order valence-corrected chi connectivity index (χ4v) is 2.89. The Morgan fingerprint density at radius 1 is 1.33 bits per heavy atom. The molecule has 0 unspecified atom stereocenters. The van der Waals surface area contributed by atoms with E-state index in [4.69, 9.17) is 0 Å². The standard InChI is InChI=1S/C15H16N4OS/c1-9(2)14-18-19-15(21-14)17-13(20)7-10-8-16-12-6-4-3-5-11(10)12/h3-6,8-9,16H,7H2,1-2H3,(H,17,19,20). The first-order chi connectivity index (χ1) is 10.1. The average Bonchev–Trinajstić information content (AvgIpc) is 3.07. The highest BCUT2D eigenvalue weighted by atomic mass is 32.1. The molecule has 6 heteroatoms. The smallest absolute Gasteiger partial charge is 0.230 e. The Kier molecular flexibility index (Phi) is 3.70. The normalized spacial score (nSPS) is 11.2. The van der Waals surface area contributed by atoms with Gasteiger partial charge in [0.2, 0.25) is 11.0 Å². The molecule has 21 heavy (non-hydrogen) atoms. The molecule has 0 aliphatic rings. The number of carbonyl (C=O) groups excluding carboxylic acids is 1. The molecule has 108 valence electrons. The molecule has 0 atom stereocenters. The van der Waals surface area contributed by atoms with E-state index < -0.39 is 0 Å². The van der Waals surface area contributed by atoms with Crippen LogP contribution in [0.25, 0.3) is 10.9 Å². The first-order valence-electron chi connectivity index (χ1n) is 6.81. The monoisotopic (exact) mass is 300 g/mol. The summed E-state index contributed by atoms with van der Waals surface area (Å²) in [5.74, 6) is 0.243. The predicted molar refractivity (Wildman–Crippen MR) is 84.6 cm³/mol. The van der Waals surface area contributed by atoms with Gasteiger partial charge in [-0.25, -0.2) is 0 Å². The predicted octanol–water partition coefficient (Wildman–Crippen LogP) is 3.32. The molecular formula is C15H16N4OS. The van der Waals surface area contributed by atoms with Crippen LogP contribution in [0.15, 0.2) is 30.5 Å². The maximum Gasteiger partial charge on any atom is 0.230 e. The van der Waals surface area contributed by atoms with E-state index in [0.29, 0.717) is 17.5 Å². The zero-order valence-corrected chi connectivity index (χ0v) is 12.7. The summed E-state index contributed by atoms with van der Waals surface area (Å²) in [5.41, 5.74) is 2.02. The Morgan fingerprint density at radius 2 is 2.14 bits per heavy atom. The second kappa shape index (κ2) is 5.65. The number of fused-ring (bicyclic) bond motifs is 1. The van der Waals surface area contributed by atoms with E-state index in [1.807, 2.05) is 30.5 Å². The number of aromatic nitrogens is 3. The molecule has 2 N–H and O–H groups in total. The Labute approximate surface area is 126 Å². The molecule has 0 saturated heterocycles. The van der Waals surface area contributed by atoms with Gasteiger partial charge in [0.25, 0.3) is 0 Å². The number of rotatable bonds is 4. The summed E-state index contributed by atoms with van der Waals surface area (Å²) in [6, 6.07) is 7.95. The van der Waals surface area contributed by atoms with Gasteiger partial charge in [0.05, 0.1) is 6.42 Å². The molecule has 2 heterocycles. The van der Waals surface area contributed by atoms with Crippen LogP contribution in [0.3, 0.4) is 0 Å². The van der Waals surface area contributed by atoms with Crippen molar-refractivity contribution < 1.29 is 4.79 Å². The average molecular weight is 300 g/mol. The highest BCUT2D eigenvalue weighted by Gasteiger charge is 2.12. The lowest BCUT2D eigenvalue weighted by atomic mass is 10.1. The van der Waals surface area contributed by atoms with Crippen molar-refractivity contribution >= 4 is 33.3 Å². The first-order valence-corrected chi connectivity index (χ1v) is 7.63. The lowest BCUT2D eigenvalue weighted by Crippen LogP contribution is -2.14. The molecule has 1 amide bonds. The lowest BCUT2D eigenvalue weighted by Gasteiger charge is -2.00. The molecule has 3 rings (SSSR count). The molecule has 2 aromatic heterocycles. The third kappa shape index (κ3) is 2.95. The van der Waals surface area contributed by atoms with Crippen molar-refractivity contribution in [2.45, 2.75) is 26.2 Å². The highest BCUT2D eigenvalue weighted by molar-refractivity contribution is 7.15. The SMILES string of the molecule is CC(C)c1nnc(NC(=O)Cc2c[nH]c3ccccc23)s1. The largest absolute Gasteiger partial charge is 0.361 e. The van der Waals surface area contributed by atoms with Crippen LogP contribution in [0, 0.1) is 0 Å². The van der Waals surface area contributed by atoms with Crippen molar-refractivity contribution in [3.8, 4) is 0 Å². The minimum absolute atomic E-state index is 0.0776. The van der Waals surface area contributed by atoms with Gasteiger partial charge in [0.15, 0.2) is 0 Å². The number of H-pyrrole nitrogens is 1. The van der Waals surface area contributed by atoms with Crippen molar-refractivity contribution in [2.75, 3.05) is 5.32 Å². The van der Waals surface area contributed by atoms with Crippen LogP contribution in [-0.4, -0.2) is 21.1 Å². The molecule has 3 aromatic rings. The third-order valence-corrected chi connectivity index (χ3v) is 4.35. The number of para-hydroxylation sites is 1. The molecule has 0 saturated carbocycles. The van der Waals surface area contributed by atoms with Crippen LogP contribution < -0.4 is 5.32 Å². The van der Waals surface area contributed by atoms with Gasteiger partial charge in [-0.1, -0.05) is 43.4 Å². The molecule has 0 spiro atoms. The third-order valence-electron chi connectivity index (χ3n) is 3.21. The van der Waals surface area contributed by atoms with Crippen molar-refractivity contribution in [1.82, 2.24) is 15.2 Å². The Bertz CT molecular complexity index is 775. The van der Waals surface area contributed by atoms with Gasteiger partial charge in [-0.05, 0) is 11.6 Å². The number of aromatic amines is 1. The van der Waals surface area contributed by atoms with Crippen LogP contribution in [0.2, 0.25) is 0 Å². The highest BCUT2D eigenvalue weighted by Crippen LogP contribution is 2.23. The summed E-state index contributed by atoms with van der Waals surface area (Å²) < 4.78 is 0. The van der Waals surface area contributed by atoms with E-state index >= 15 is 0 Å². The van der Waals surface area contributed by atoms with Crippen LogP contribution in [0.1, 0.15) is 30.3 Å². The molecule has 0 fully saturated rings. The van der Waals surface area contributed by atoms with Crippen LogP contribution in [0.4, 0.5) is 5.13 Å². The van der Waals surface area contributed by atoms with Crippen LogP contribution in [0.5, 0.6) is 0 Å². The summed E-state index contributed by atoms with van der Waals surface area (Å²) in [4.78, 5) is 15.3. The number of benzene rings is 1. The number of carbonyl (C=O) groups is 1. The van der Waals surface area contributed by atoms with Gasteiger partial charge in [-0.15, -0.1) is 10.2 Å². The fourth-order valence-electron chi connectivity index (χ4n) is 2.13. The molecule has 0 aliphatic heterocycles. The van der Waals surface area contributed by atoms with E-state index in [2.05, 4.69) is 34.3 Å². The van der Waals surface area contributed by atoms with Gasteiger partial charge >= 0.3 is 0 Å². The van der Waals surface area contributed by atoms with Crippen molar-refractivity contribution in [3.63, 3.8) is 0 Å². The van der Waals surface area contributed by atoms with Gasteiger partial charge in [0.1, 0.15) is 5.01 Å². The summed E-state index contributed by atoms with van der Waals surface area (Å²) in [6.45, 7) is 4.11. The van der Waals surface area contributed by atoms with Crippen molar-refractivity contribution in [1.29, 1.82) is 0 Å². The minimum Gasteiger partial charge on any atom is -0.361 e.